The van der Waals surface area contributed by atoms with E-state index in [-0.39, 0.29) is 31.5 Å². The van der Waals surface area contributed by atoms with E-state index in [9.17, 15) is 19.0 Å². The molecule has 0 aromatic rings. The second-order valence-electron chi connectivity index (χ2n) is 26.8. The van der Waals surface area contributed by atoms with Crippen molar-refractivity contribution in [3.8, 4) is 0 Å². The summed E-state index contributed by atoms with van der Waals surface area (Å²) in [6.45, 7) is 6.92. The number of phosphoric acid groups is 1. The summed E-state index contributed by atoms with van der Waals surface area (Å²) in [5, 5.41) is 3.05. The predicted molar refractivity (Wildman–Crippen MR) is 363 cm³/mol. The number of carbonyl (C=O) groups is 2. The summed E-state index contributed by atoms with van der Waals surface area (Å²) in [5.41, 5.74) is 0. The maximum absolute atomic E-state index is 13.6. The van der Waals surface area contributed by atoms with E-state index in [4.69, 9.17) is 13.8 Å². The third-order valence-corrected chi connectivity index (χ3v) is 18.1. The summed E-state index contributed by atoms with van der Waals surface area (Å²) in [7, 11) is 1.21. The average molecular weight is 1210 g/mol. The Labute approximate surface area is 524 Å². The molecule has 3 unspecified atom stereocenters. The Balaban J connectivity index is 4.99. The highest BCUT2D eigenvalue weighted by Crippen LogP contribution is 2.38. The molecule has 498 valence electrons. The van der Waals surface area contributed by atoms with E-state index in [1.807, 2.05) is 33.3 Å². The zero-order chi connectivity index (χ0) is 61.4. The molecule has 0 aromatic carbocycles. The normalized spacial score (nSPS) is 13.6. The Kier molecular flexibility index (Phi) is 63.3. The maximum atomic E-state index is 13.6. The van der Waals surface area contributed by atoms with Gasteiger partial charge in [-0.2, -0.15) is 0 Å². The van der Waals surface area contributed by atoms with Gasteiger partial charge in [-0.1, -0.05) is 341 Å². The quantitative estimate of drug-likeness (QED) is 0.0212. The van der Waals surface area contributed by atoms with Crippen LogP contribution in [0.5, 0.6) is 0 Å². The van der Waals surface area contributed by atoms with E-state index < -0.39 is 20.0 Å². The molecule has 0 aliphatic heterocycles. The number of esters is 1. The molecule has 84 heavy (non-hydrogen) atoms. The van der Waals surface area contributed by atoms with Crippen LogP contribution in [0.15, 0.2) is 24.3 Å². The highest BCUT2D eigenvalue weighted by atomic mass is 31.2. The number of nitrogens with zero attached hydrogens (tertiary/aromatic N) is 1. The molecule has 0 aliphatic carbocycles. The van der Waals surface area contributed by atoms with Gasteiger partial charge in [-0.05, 0) is 57.4 Å². The first-order valence-corrected chi connectivity index (χ1v) is 38.6. The lowest BCUT2D eigenvalue weighted by Crippen LogP contribution is -2.47. The highest BCUT2D eigenvalue weighted by Gasteiger charge is 2.27. The molecule has 9 nitrogen and oxygen atoms in total. The van der Waals surface area contributed by atoms with E-state index >= 15 is 0 Å². The van der Waals surface area contributed by atoms with E-state index in [2.05, 4.69) is 38.2 Å². The molecule has 1 N–H and O–H groups in total. The van der Waals surface area contributed by atoms with Crippen LogP contribution in [0.4, 0.5) is 0 Å². The van der Waals surface area contributed by atoms with Crippen molar-refractivity contribution in [2.45, 2.75) is 399 Å². The third kappa shape index (κ3) is 64.9. The monoisotopic (exact) mass is 1210 g/mol. The fraction of sp³-hybridized carbons (Fsp3) is 0.919. The standard InChI is InChI=1S/C74H145N2O7P/c1-7-10-13-16-19-22-25-28-30-32-34-36-38-40-42-44-46-48-51-54-57-60-63-66-73(77)75-71(70-82-84(79,80)81-69-68-76(4,5)6)72(65-62-59-56-53-50-27-24-21-18-15-12-9-3)83-74(78)67-64-61-58-55-52-49-47-45-43-41-39-37-35-33-31-29-26-23-20-17-14-11-8-2/h29,31,62,65,71-72H,7-28,30,32-61,63-64,66-70H2,1-6H3,(H-,75,77,79,80)/b31-29+,65-62+. The van der Waals surface area contributed by atoms with Crippen molar-refractivity contribution in [1.29, 1.82) is 0 Å². The van der Waals surface area contributed by atoms with Crippen molar-refractivity contribution in [3.63, 3.8) is 0 Å². The van der Waals surface area contributed by atoms with Gasteiger partial charge in [0.15, 0.2) is 0 Å². The van der Waals surface area contributed by atoms with Crippen LogP contribution in [0, 0.1) is 0 Å². The van der Waals surface area contributed by atoms with Gasteiger partial charge in [0.2, 0.25) is 5.91 Å². The minimum atomic E-state index is -4.70. The van der Waals surface area contributed by atoms with E-state index in [0.29, 0.717) is 17.4 Å². The number of ether oxygens (including phenoxy) is 1. The van der Waals surface area contributed by atoms with Crippen LogP contribution in [0.1, 0.15) is 387 Å². The molecule has 10 heteroatoms. The molecule has 0 radical (unpaired) electrons. The zero-order valence-corrected chi connectivity index (χ0v) is 58.0. The second kappa shape index (κ2) is 64.5. The Morgan fingerprint density at radius 3 is 1.01 bits per heavy atom. The largest absolute Gasteiger partial charge is 0.756 e. The van der Waals surface area contributed by atoms with Crippen molar-refractivity contribution in [2.24, 2.45) is 0 Å². The van der Waals surface area contributed by atoms with Crippen LogP contribution < -0.4 is 10.2 Å². The number of hydrogen-bond acceptors (Lipinski definition) is 7. The van der Waals surface area contributed by atoms with Crippen LogP contribution >= 0.6 is 7.82 Å². The lowest BCUT2D eigenvalue weighted by molar-refractivity contribution is -0.870. The summed E-state index contributed by atoms with van der Waals surface area (Å²) in [6, 6.07) is -0.883. The first-order chi connectivity index (χ1) is 40.9. The molecule has 0 fully saturated rings. The Morgan fingerprint density at radius 2 is 0.690 bits per heavy atom. The van der Waals surface area contributed by atoms with Gasteiger partial charge in [0, 0.05) is 12.8 Å². The van der Waals surface area contributed by atoms with Gasteiger partial charge in [-0.15, -0.1) is 0 Å². The van der Waals surface area contributed by atoms with Crippen LogP contribution in [0.25, 0.3) is 0 Å². The van der Waals surface area contributed by atoms with E-state index in [1.54, 1.807) is 0 Å². The van der Waals surface area contributed by atoms with Crippen LogP contribution in [0.2, 0.25) is 0 Å². The second-order valence-corrected chi connectivity index (χ2v) is 28.2. The summed E-state index contributed by atoms with van der Waals surface area (Å²) in [6.07, 6.45) is 78.8. The average Bonchev–Trinajstić information content (AvgIpc) is 3.65. The molecule has 0 rings (SSSR count). The number of amides is 1. The summed E-state index contributed by atoms with van der Waals surface area (Å²) >= 11 is 0. The molecule has 0 saturated carbocycles. The van der Waals surface area contributed by atoms with E-state index in [0.717, 1.165) is 57.8 Å². The fourth-order valence-electron chi connectivity index (χ4n) is 11.4. The van der Waals surface area contributed by atoms with Crippen molar-refractivity contribution in [3.05, 3.63) is 24.3 Å². The molecule has 0 spiro atoms. The number of nitrogens with one attached hydrogen (secondary N) is 1. The van der Waals surface area contributed by atoms with Gasteiger partial charge in [-0.25, -0.2) is 0 Å². The molecule has 0 aromatic heterocycles. The number of unbranched alkanes of at least 4 members (excludes halogenated alkanes) is 51. The number of carbonyl (C=O) groups excluding carboxylic acids is 2. The fourth-order valence-corrected chi connectivity index (χ4v) is 12.1. The molecule has 0 saturated heterocycles. The maximum Gasteiger partial charge on any atom is 0.306 e. The van der Waals surface area contributed by atoms with Gasteiger partial charge >= 0.3 is 5.97 Å². The first-order valence-electron chi connectivity index (χ1n) is 37.1. The Morgan fingerprint density at radius 1 is 0.405 bits per heavy atom. The highest BCUT2D eigenvalue weighted by molar-refractivity contribution is 7.45. The molecule has 1 amide bonds. The number of allylic oxidation sites excluding steroid dienone is 3. The number of likely N-dealkylation sites (N-methyl/N-ethyl adjacent to an activating group) is 1. The summed E-state index contributed by atoms with van der Waals surface area (Å²) < 4.78 is 30.5. The van der Waals surface area contributed by atoms with Gasteiger partial charge in [-0.3, -0.25) is 14.2 Å². The lowest BCUT2D eigenvalue weighted by Gasteiger charge is -2.30. The lowest BCUT2D eigenvalue weighted by atomic mass is 10.0. The number of quaternary nitrogens is 1. The number of hydrogen-bond donors (Lipinski definition) is 1. The molecular weight excluding hydrogens is 1060 g/mol. The van der Waals surface area contributed by atoms with E-state index in [1.165, 1.54) is 295 Å². The van der Waals surface area contributed by atoms with Crippen molar-refractivity contribution < 1.29 is 37.3 Å². The molecule has 0 bridgehead atoms. The number of rotatable bonds is 69. The zero-order valence-electron chi connectivity index (χ0n) is 57.1. The van der Waals surface area contributed by atoms with Gasteiger partial charge < -0.3 is 28.5 Å². The smallest absolute Gasteiger partial charge is 0.306 e. The van der Waals surface area contributed by atoms with Crippen molar-refractivity contribution in [1.82, 2.24) is 5.32 Å². The SMILES string of the molecule is CCCCCCCC/C=C/CCCCCCCCCCCCCCCC(=O)OC(/C=C/CCCCCCCCCCCC)C(COP(=O)([O-])OCC[N+](C)(C)C)NC(=O)CCCCCCCCCCCCCCCCCCCCCCCCC. The van der Waals surface area contributed by atoms with Gasteiger partial charge in [0.1, 0.15) is 19.3 Å². The number of phosphoric ester groups is 1. The minimum Gasteiger partial charge on any atom is -0.756 e. The molecule has 0 heterocycles. The molecule has 3 atom stereocenters. The minimum absolute atomic E-state index is 0.0178. The molecular formula is C74H145N2O7P. The molecule has 0 aliphatic rings. The van der Waals surface area contributed by atoms with Crippen LogP contribution in [-0.2, 0) is 27.9 Å². The Bertz CT molecular complexity index is 1480. The van der Waals surface area contributed by atoms with Crippen LogP contribution in [-0.4, -0.2) is 69.4 Å². The topological polar surface area (TPSA) is 114 Å². The third-order valence-electron chi connectivity index (χ3n) is 17.1. The van der Waals surface area contributed by atoms with Crippen molar-refractivity contribution >= 4 is 19.7 Å². The van der Waals surface area contributed by atoms with Crippen molar-refractivity contribution in [2.75, 3.05) is 40.9 Å². The first kappa shape index (κ1) is 82.5. The predicted octanol–water partition coefficient (Wildman–Crippen LogP) is 23.0. The van der Waals surface area contributed by atoms with Gasteiger partial charge in [0.05, 0.1) is 33.8 Å². The Hall–Kier alpha value is -1.51. The van der Waals surface area contributed by atoms with Gasteiger partial charge in [0.25, 0.3) is 7.82 Å². The summed E-state index contributed by atoms with van der Waals surface area (Å²) in [5.74, 6) is -0.516. The summed E-state index contributed by atoms with van der Waals surface area (Å²) in [4.78, 5) is 40.2. The van der Waals surface area contributed by atoms with Crippen LogP contribution in [0.3, 0.4) is 0 Å².